The maximum Gasteiger partial charge on any atom is 0.255 e. The maximum absolute atomic E-state index is 13.2. The van der Waals surface area contributed by atoms with Gasteiger partial charge in [-0.25, -0.2) is 4.98 Å². The number of nitrogens with zero attached hydrogens (tertiary/aromatic N) is 2. The Bertz CT molecular complexity index is 1110. The number of hydrogen-bond acceptors (Lipinski definition) is 4. The average Bonchev–Trinajstić information content (AvgIpc) is 3.47. The second kappa shape index (κ2) is 9.12. The summed E-state index contributed by atoms with van der Waals surface area (Å²) in [6.07, 6.45) is 6.27. The molecule has 1 aliphatic rings. The lowest BCUT2D eigenvalue weighted by molar-refractivity contribution is 0.0911. The highest BCUT2D eigenvalue weighted by Gasteiger charge is 2.25. The summed E-state index contributed by atoms with van der Waals surface area (Å²) in [6, 6.07) is 12.8. The summed E-state index contributed by atoms with van der Waals surface area (Å²) in [4.78, 5) is 30.5. The van der Waals surface area contributed by atoms with E-state index in [1.54, 1.807) is 24.5 Å². The van der Waals surface area contributed by atoms with E-state index >= 15 is 0 Å². The van der Waals surface area contributed by atoms with Gasteiger partial charge in [0.25, 0.3) is 11.8 Å². The first-order chi connectivity index (χ1) is 15.4. The Kier molecular flexibility index (Phi) is 6.28. The van der Waals surface area contributed by atoms with Crippen LogP contribution in [-0.2, 0) is 0 Å². The molecule has 2 aromatic carbocycles. The molecular weight excluding hydrogens is 404 g/mol. The molecule has 3 aromatic rings. The van der Waals surface area contributed by atoms with Crippen LogP contribution in [0.25, 0.3) is 11.0 Å². The number of aliphatic hydroxyl groups is 1. The summed E-state index contributed by atoms with van der Waals surface area (Å²) in [5.74, 6) is -0.486. The van der Waals surface area contributed by atoms with Crippen molar-refractivity contribution in [3.63, 3.8) is 0 Å². The van der Waals surface area contributed by atoms with Crippen LogP contribution in [0.4, 0.5) is 5.69 Å². The molecule has 0 atom stereocenters. The van der Waals surface area contributed by atoms with Crippen LogP contribution in [0.2, 0.25) is 0 Å². The lowest BCUT2D eigenvalue weighted by Crippen LogP contribution is -2.36. The number of hydrogen-bond donors (Lipinski definition) is 3. The fourth-order valence-electron chi connectivity index (χ4n) is 4.14. The van der Waals surface area contributed by atoms with Gasteiger partial charge >= 0.3 is 0 Å². The minimum absolute atomic E-state index is 0.0319. The molecule has 32 heavy (non-hydrogen) atoms. The standard InChI is InChI=1S/C25H30N4O3/c1-25(2,15-30)14-26-24(32)20-12-18(28-23(31)17-8-4-3-5-9-17)13-21-22(20)29(16-27-21)19-10-6-7-11-19/h3-5,8-9,12-13,16,19,30H,6-7,10-11,14-15H2,1-2H3,(H,26,32)(H,28,31). The van der Waals surface area contributed by atoms with Gasteiger partial charge in [0.05, 0.1) is 22.9 Å². The number of anilines is 1. The Labute approximate surface area is 187 Å². The summed E-state index contributed by atoms with van der Waals surface area (Å²) >= 11 is 0. The van der Waals surface area contributed by atoms with Crippen LogP contribution in [-0.4, -0.2) is 39.6 Å². The summed E-state index contributed by atoms with van der Waals surface area (Å²) < 4.78 is 2.11. The number of fused-ring (bicyclic) bond motifs is 1. The van der Waals surface area contributed by atoms with E-state index in [1.807, 2.05) is 38.1 Å². The Morgan fingerprint density at radius 3 is 2.53 bits per heavy atom. The molecule has 1 fully saturated rings. The van der Waals surface area contributed by atoms with E-state index in [4.69, 9.17) is 0 Å². The normalized spacial score (nSPS) is 14.6. The van der Waals surface area contributed by atoms with E-state index in [2.05, 4.69) is 20.2 Å². The van der Waals surface area contributed by atoms with Crippen molar-refractivity contribution in [2.45, 2.75) is 45.6 Å². The third kappa shape index (κ3) is 4.67. The zero-order valence-electron chi connectivity index (χ0n) is 18.6. The van der Waals surface area contributed by atoms with Crippen LogP contribution < -0.4 is 10.6 Å². The lowest BCUT2D eigenvalue weighted by Gasteiger charge is -2.22. The van der Waals surface area contributed by atoms with Crippen molar-refractivity contribution in [3.05, 3.63) is 59.9 Å². The van der Waals surface area contributed by atoms with Crippen molar-refractivity contribution in [2.75, 3.05) is 18.5 Å². The predicted octanol–water partition coefficient (Wildman–Crippen LogP) is 4.15. The number of nitrogens with one attached hydrogen (secondary N) is 2. The summed E-state index contributed by atoms with van der Waals surface area (Å²) in [5.41, 5.74) is 2.57. The minimum Gasteiger partial charge on any atom is -0.396 e. The zero-order chi connectivity index (χ0) is 22.7. The first kappa shape index (κ1) is 22.0. The van der Waals surface area contributed by atoms with Crippen LogP contribution in [0, 0.1) is 5.41 Å². The molecular formula is C25H30N4O3. The molecule has 7 heteroatoms. The second-order valence-electron chi connectivity index (χ2n) is 9.31. The van der Waals surface area contributed by atoms with Gasteiger partial charge in [0, 0.05) is 35.9 Å². The molecule has 168 valence electrons. The lowest BCUT2D eigenvalue weighted by atomic mass is 9.95. The quantitative estimate of drug-likeness (QED) is 0.520. The number of imidazole rings is 1. The second-order valence-corrected chi connectivity index (χ2v) is 9.31. The van der Waals surface area contributed by atoms with E-state index < -0.39 is 5.41 Å². The molecule has 0 bridgehead atoms. The van der Waals surface area contributed by atoms with Gasteiger partial charge in [0.15, 0.2) is 0 Å². The Morgan fingerprint density at radius 1 is 1.12 bits per heavy atom. The van der Waals surface area contributed by atoms with Crippen molar-refractivity contribution >= 4 is 28.5 Å². The number of aromatic nitrogens is 2. The van der Waals surface area contributed by atoms with Gasteiger partial charge in [-0.3, -0.25) is 9.59 Å². The Balaban J connectivity index is 1.70. The molecule has 1 aromatic heterocycles. The van der Waals surface area contributed by atoms with Crippen molar-refractivity contribution in [2.24, 2.45) is 5.41 Å². The Hall–Kier alpha value is -3.19. The molecule has 3 N–H and O–H groups in total. The molecule has 0 saturated heterocycles. The number of amides is 2. The molecule has 4 rings (SSSR count). The predicted molar refractivity (Wildman–Crippen MR) is 125 cm³/mol. The molecule has 0 radical (unpaired) electrons. The topological polar surface area (TPSA) is 96.2 Å². The highest BCUT2D eigenvalue weighted by Crippen LogP contribution is 2.34. The fraction of sp³-hybridized carbons (Fsp3) is 0.400. The molecule has 0 aliphatic heterocycles. The monoisotopic (exact) mass is 434 g/mol. The first-order valence-electron chi connectivity index (χ1n) is 11.1. The van der Waals surface area contributed by atoms with Crippen LogP contribution in [0.3, 0.4) is 0 Å². The summed E-state index contributed by atoms with van der Waals surface area (Å²) in [6.45, 7) is 4.09. The molecule has 7 nitrogen and oxygen atoms in total. The smallest absolute Gasteiger partial charge is 0.255 e. The summed E-state index contributed by atoms with van der Waals surface area (Å²) in [7, 11) is 0. The highest BCUT2D eigenvalue weighted by atomic mass is 16.3. The molecule has 0 unspecified atom stereocenters. The fourth-order valence-corrected chi connectivity index (χ4v) is 4.14. The van der Waals surface area contributed by atoms with E-state index in [0.717, 1.165) is 18.4 Å². The number of carbonyl (C=O) groups is 2. The van der Waals surface area contributed by atoms with Gasteiger partial charge < -0.3 is 20.3 Å². The van der Waals surface area contributed by atoms with Crippen LogP contribution in [0.1, 0.15) is 66.3 Å². The van der Waals surface area contributed by atoms with Gasteiger partial charge in [0.2, 0.25) is 0 Å². The van der Waals surface area contributed by atoms with Crippen molar-refractivity contribution in [3.8, 4) is 0 Å². The number of carbonyl (C=O) groups excluding carboxylic acids is 2. The minimum atomic E-state index is -0.431. The molecule has 1 heterocycles. The third-order valence-corrected chi connectivity index (χ3v) is 6.08. The largest absolute Gasteiger partial charge is 0.396 e. The van der Waals surface area contributed by atoms with Gasteiger partial charge in [-0.15, -0.1) is 0 Å². The number of rotatable bonds is 7. The average molecular weight is 435 g/mol. The first-order valence-corrected chi connectivity index (χ1v) is 11.1. The molecule has 1 saturated carbocycles. The van der Waals surface area contributed by atoms with E-state index in [1.165, 1.54) is 12.8 Å². The number of benzene rings is 2. The molecule has 1 aliphatic carbocycles. The van der Waals surface area contributed by atoms with Crippen molar-refractivity contribution in [1.29, 1.82) is 0 Å². The van der Waals surface area contributed by atoms with Gasteiger partial charge in [-0.1, -0.05) is 44.9 Å². The number of aliphatic hydroxyl groups excluding tert-OH is 1. The van der Waals surface area contributed by atoms with Crippen molar-refractivity contribution < 1.29 is 14.7 Å². The van der Waals surface area contributed by atoms with E-state index in [9.17, 15) is 14.7 Å². The summed E-state index contributed by atoms with van der Waals surface area (Å²) in [5, 5.41) is 15.4. The molecule has 0 spiro atoms. The maximum atomic E-state index is 13.2. The van der Waals surface area contributed by atoms with Gasteiger partial charge in [0.1, 0.15) is 0 Å². The van der Waals surface area contributed by atoms with Crippen LogP contribution in [0.15, 0.2) is 48.8 Å². The third-order valence-electron chi connectivity index (χ3n) is 6.08. The zero-order valence-corrected chi connectivity index (χ0v) is 18.6. The molecule has 2 amide bonds. The highest BCUT2D eigenvalue weighted by molar-refractivity contribution is 6.09. The Morgan fingerprint density at radius 2 is 1.84 bits per heavy atom. The van der Waals surface area contributed by atoms with E-state index in [0.29, 0.717) is 34.9 Å². The van der Waals surface area contributed by atoms with Crippen LogP contribution in [0.5, 0.6) is 0 Å². The van der Waals surface area contributed by atoms with E-state index in [-0.39, 0.29) is 18.4 Å². The van der Waals surface area contributed by atoms with Gasteiger partial charge in [-0.05, 0) is 37.1 Å². The SMILES string of the molecule is CC(C)(CO)CNC(=O)c1cc(NC(=O)c2ccccc2)cc2ncn(C3CCCC3)c12. The van der Waals surface area contributed by atoms with Crippen molar-refractivity contribution in [1.82, 2.24) is 14.9 Å². The van der Waals surface area contributed by atoms with Crippen LogP contribution >= 0.6 is 0 Å². The van der Waals surface area contributed by atoms with Gasteiger partial charge in [-0.2, -0.15) is 0 Å².